The molecule has 0 spiro atoms. The summed E-state index contributed by atoms with van der Waals surface area (Å²) in [5.74, 6) is 1.69. The Morgan fingerprint density at radius 1 is 1.11 bits per heavy atom. The van der Waals surface area contributed by atoms with E-state index >= 15 is 0 Å². The number of nitrogens with one attached hydrogen (secondary N) is 2. The number of fused-ring (bicyclic) bond motifs is 1. The second-order valence-electron chi connectivity index (χ2n) is 9.32. The van der Waals surface area contributed by atoms with E-state index in [1.54, 1.807) is 11.1 Å². The Kier molecular flexibility index (Phi) is 6.82. The highest BCUT2D eigenvalue weighted by Crippen LogP contribution is 2.31. The molecule has 1 aliphatic heterocycles. The molecule has 10 nitrogen and oxygen atoms in total. The molecular formula is C27H29N7O3. The SMILES string of the molecule is CC(C)c1nnc(-c2cnc(Nc3ccc4c(c3)CCN(C)C4=O)nc2N[C@H](CO)c2ccccc2)o1. The lowest BCUT2D eigenvalue weighted by Gasteiger charge is -2.25. The highest BCUT2D eigenvalue weighted by atomic mass is 16.4. The lowest BCUT2D eigenvalue weighted by Crippen LogP contribution is -2.34. The third-order valence-corrected chi connectivity index (χ3v) is 6.30. The molecule has 0 aliphatic carbocycles. The highest BCUT2D eigenvalue weighted by molar-refractivity contribution is 5.97. The maximum Gasteiger partial charge on any atom is 0.253 e. The van der Waals surface area contributed by atoms with Gasteiger partial charge in [0, 0.05) is 37.0 Å². The number of carbonyl (C=O) groups excluding carboxylic acids is 1. The molecule has 0 fully saturated rings. The fraction of sp³-hybridized carbons (Fsp3) is 0.296. The van der Waals surface area contributed by atoms with Gasteiger partial charge in [0.2, 0.25) is 11.8 Å². The summed E-state index contributed by atoms with van der Waals surface area (Å²) in [5, 5.41) is 25.0. The predicted octanol–water partition coefficient (Wildman–Crippen LogP) is 4.17. The summed E-state index contributed by atoms with van der Waals surface area (Å²) in [6.07, 6.45) is 2.40. The number of aliphatic hydroxyl groups is 1. The van der Waals surface area contributed by atoms with Crippen molar-refractivity contribution in [1.82, 2.24) is 25.1 Å². The average molecular weight is 500 g/mol. The summed E-state index contributed by atoms with van der Waals surface area (Å²) < 4.78 is 5.87. The number of benzene rings is 2. The van der Waals surface area contributed by atoms with Gasteiger partial charge in [-0.1, -0.05) is 44.2 Å². The number of hydrogen-bond acceptors (Lipinski definition) is 9. The van der Waals surface area contributed by atoms with Crippen LogP contribution in [-0.2, 0) is 6.42 Å². The minimum Gasteiger partial charge on any atom is -0.420 e. The average Bonchev–Trinajstić information content (AvgIpc) is 3.41. The van der Waals surface area contributed by atoms with Crippen LogP contribution in [0.15, 0.2) is 59.1 Å². The summed E-state index contributed by atoms with van der Waals surface area (Å²) in [4.78, 5) is 23.3. The molecule has 0 radical (unpaired) electrons. The first-order chi connectivity index (χ1) is 17.9. The summed E-state index contributed by atoms with van der Waals surface area (Å²) >= 11 is 0. The summed E-state index contributed by atoms with van der Waals surface area (Å²) in [5.41, 5.74) is 3.90. The van der Waals surface area contributed by atoms with E-state index in [-0.39, 0.29) is 18.4 Å². The molecule has 2 aromatic heterocycles. The van der Waals surface area contributed by atoms with Crippen LogP contribution in [0.4, 0.5) is 17.5 Å². The van der Waals surface area contributed by atoms with E-state index in [9.17, 15) is 9.90 Å². The van der Waals surface area contributed by atoms with Gasteiger partial charge in [-0.3, -0.25) is 4.79 Å². The molecule has 10 heteroatoms. The van der Waals surface area contributed by atoms with Crippen molar-refractivity contribution < 1.29 is 14.3 Å². The minimum absolute atomic E-state index is 0.0242. The molecule has 1 atom stereocenters. The number of rotatable bonds is 8. The van der Waals surface area contributed by atoms with Crippen LogP contribution in [0.5, 0.6) is 0 Å². The summed E-state index contributed by atoms with van der Waals surface area (Å²) in [6.45, 7) is 4.48. The van der Waals surface area contributed by atoms with E-state index in [1.165, 1.54) is 0 Å². The van der Waals surface area contributed by atoms with E-state index in [4.69, 9.17) is 9.40 Å². The van der Waals surface area contributed by atoms with Crippen molar-refractivity contribution in [3.05, 3.63) is 77.3 Å². The number of likely N-dealkylation sites (N-methyl/N-ethyl adjacent to an activating group) is 1. The highest BCUT2D eigenvalue weighted by Gasteiger charge is 2.23. The number of aromatic nitrogens is 4. The molecule has 1 amide bonds. The second-order valence-corrected chi connectivity index (χ2v) is 9.32. The van der Waals surface area contributed by atoms with Crippen molar-refractivity contribution in [1.29, 1.82) is 0 Å². The molecule has 4 aromatic rings. The number of nitrogens with zero attached hydrogens (tertiary/aromatic N) is 5. The van der Waals surface area contributed by atoms with Crippen molar-refractivity contribution in [2.75, 3.05) is 30.8 Å². The lowest BCUT2D eigenvalue weighted by molar-refractivity contribution is 0.0781. The van der Waals surface area contributed by atoms with Crippen LogP contribution in [0, 0.1) is 0 Å². The first-order valence-corrected chi connectivity index (χ1v) is 12.2. The predicted molar refractivity (Wildman–Crippen MR) is 140 cm³/mol. The van der Waals surface area contributed by atoms with Crippen LogP contribution < -0.4 is 10.6 Å². The Labute approximate surface area is 214 Å². The molecule has 5 rings (SSSR count). The van der Waals surface area contributed by atoms with Crippen LogP contribution >= 0.6 is 0 Å². The van der Waals surface area contributed by atoms with Crippen molar-refractivity contribution in [2.45, 2.75) is 32.2 Å². The van der Waals surface area contributed by atoms with E-state index in [2.05, 4.69) is 25.8 Å². The Morgan fingerprint density at radius 2 is 1.92 bits per heavy atom. The van der Waals surface area contributed by atoms with Crippen LogP contribution in [-0.4, -0.2) is 56.3 Å². The van der Waals surface area contributed by atoms with E-state index in [0.29, 0.717) is 41.2 Å². The Balaban J connectivity index is 1.48. The third kappa shape index (κ3) is 5.14. The molecule has 0 saturated carbocycles. The smallest absolute Gasteiger partial charge is 0.253 e. The zero-order chi connectivity index (χ0) is 25.9. The molecule has 0 unspecified atom stereocenters. The van der Waals surface area contributed by atoms with Crippen molar-refractivity contribution in [2.24, 2.45) is 0 Å². The van der Waals surface area contributed by atoms with Crippen molar-refractivity contribution in [3.63, 3.8) is 0 Å². The van der Waals surface area contributed by atoms with Gasteiger partial charge < -0.3 is 25.1 Å². The van der Waals surface area contributed by atoms with Gasteiger partial charge in [-0.25, -0.2) is 4.98 Å². The first-order valence-electron chi connectivity index (χ1n) is 12.2. The Hall–Kier alpha value is -4.31. The quantitative estimate of drug-likeness (QED) is 0.327. The molecule has 3 N–H and O–H groups in total. The molecule has 190 valence electrons. The van der Waals surface area contributed by atoms with Crippen LogP contribution in [0.1, 0.15) is 53.2 Å². The van der Waals surface area contributed by atoms with Gasteiger partial charge in [-0.15, -0.1) is 10.2 Å². The van der Waals surface area contributed by atoms with Gasteiger partial charge in [-0.05, 0) is 35.7 Å². The molecular weight excluding hydrogens is 470 g/mol. The third-order valence-electron chi connectivity index (χ3n) is 6.30. The summed E-state index contributed by atoms with van der Waals surface area (Å²) in [6, 6.07) is 14.8. The fourth-order valence-corrected chi connectivity index (χ4v) is 4.18. The van der Waals surface area contributed by atoms with Gasteiger partial charge >= 0.3 is 0 Å². The van der Waals surface area contributed by atoms with Gasteiger partial charge in [0.25, 0.3) is 11.8 Å². The maximum absolute atomic E-state index is 12.4. The van der Waals surface area contributed by atoms with E-state index in [0.717, 1.165) is 23.2 Å². The molecule has 0 bridgehead atoms. The normalized spacial score (nSPS) is 14.0. The number of carbonyl (C=O) groups is 1. The van der Waals surface area contributed by atoms with Gasteiger partial charge in [0.1, 0.15) is 5.82 Å². The standard InChI is InChI=1S/C27H29N7O3/c1-16(2)24-32-33-25(37-24)21-14-28-27(31-23(21)30-22(15-35)17-7-5-4-6-8-17)29-19-9-10-20-18(13-19)11-12-34(3)26(20)36/h4-10,13-14,16,22,35H,11-12,15H2,1-3H3,(H2,28,29,30,31)/t22-/m1/s1. The second kappa shape index (κ2) is 10.4. The molecule has 37 heavy (non-hydrogen) atoms. The monoisotopic (exact) mass is 499 g/mol. The van der Waals surface area contributed by atoms with Crippen molar-refractivity contribution in [3.8, 4) is 11.5 Å². The molecule has 0 saturated heterocycles. The largest absolute Gasteiger partial charge is 0.420 e. The maximum atomic E-state index is 12.4. The van der Waals surface area contributed by atoms with Gasteiger partial charge in [0.05, 0.1) is 18.2 Å². The molecule has 2 aromatic carbocycles. The zero-order valence-corrected chi connectivity index (χ0v) is 21.0. The van der Waals surface area contributed by atoms with Crippen LogP contribution in [0.3, 0.4) is 0 Å². The number of amides is 1. The number of hydrogen-bond donors (Lipinski definition) is 3. The zero-order valence-electron chi connectivity index (χ0n) is 21.0. The van der Waals surface area contributed by atoms with Crippen LogP contribution in [0.25, 0.3) is 11.5 Å². The Bertz CT molecular complexity index is 1400. The van der Waals surface area contributed by atoms with E-state index < -0.39 is 6.04 Å². The fourth-order valence-electron chi connectivity index (χ4n) is 4.18. The lowest BCUT2D eigenvalue weighted by atomic mass is 9.99. The number of aliphatic hydroxyl groups excluding tert-OH is 1. The molecule has 3 heterocycles. The van der Waals surface area contributed by atoms with Gasteiger partial charge in [0.15, 0.2) is 0 Å². The van der Waals surface area contributed by atoms with Crippen molar-refractivity contribution >= 4 is 23.4 Å². The number of anilines is 3. The van der Waals surface area contributed by atoms with Gasteiger partial charge in [-0.2, -0.15) is 4.98 Å². The minimum atomic E-state index is -0.415. The van der Waals surface area contributed by atoms with Crippen LogP contribution in [0.2, 0.25) is 0 Å². The Morgan fingerprint density at radius 3 is 2.65 bits per heavy atom. The van der Waals surface area contributed by atoms with E-state index in [1.807, 2.05) is 69.4 Å². The topological polar surface area (TPSA) is 129 Å². The molecule has 1 aliphatic rings. The first kappa shape index (κ1) is 24.4. The summed E-state index contributed by atoms with van der Waals surface area (Å²) in [7, 11) is 1.81.